The summed E-state index contributed by atoms with van der Waals surface area (Å²) >= 11 is 0. The Balaban J connectivity index is 1.44. The Kier molecular flexibility index (Phi) is 7.00. The van der Waals surface area contributed by atoms with Crippen molar-refractivity contribution in [2.24, 2.45) is 0 Å². The Labute approximate surface area is 175 Å². The fourth-order valence-corrected chi connectivity index (χ4v) is 2.95. The van der Waals surface area contributed by atoms with Crippen LogP contribution in [-0.4, -0.2) is 45.9 Å². The Bertz CT molecular complexity index is 963. The molecule has 4 amide bonds. The molecule has 3 N–H and O–H groups in total. The molecule has 0 saturated carbocycles. The van der Waals surface area contributed by atoms with E-state index in [0.29, 0.717) is 31.1 Å². The molecule has 8 heteroatoms. The summed E-state index contributed by atoms with van der Waals surface area (Å²) in [4.78, 5) is 25.3. The molecule has 1 aliphatic heterocycles. The SMILES string of the molecule is COc1ccc(CNC(=O)NCC#Cc2ccc(N3CCNC3=O)cc2)cc1OC. The van der Waals surface area contributed by atoms with E-state index in [1.54, 1.807) is 25.2 Å². The van der Waals surface area contributed by atoms with Gasteiger partial charge in [0.15, 0.2) is 11.5 Å². The van der Waals surface area contributed by atoms with Gasteiger partial charge in [0.1, 0.15) is 0 Å². The Morgan fingerprint density at radius 2 is 1.87 bits per heavy atom. The van der Waals surface area contributed by atoms with Crippen molar-refractivity contribution in [3.63, 3.8) is 0 Å². The highest BCUT2D eigenvalue weighted by Crippen LogP contribution is 2.27. The maximum absolute atomic E-state index is 11.9. The van der Waals surface area contributed by atoms with Crippen LogP contribution in [0.4, 0.5) is 15.3 Å². The normalized spacial score (nSPS) is 12.5. The summed E-state index contributed by atoms with van der Waals surface area (Å²) in [6.07, 6.45) is 0. The van der Waals surface area contributed by atoms with Crippen molar-refractivity contribution in [2.45, 2.75) is 6.54 Å². The number of carbonyl (C=O) groups excluding carboxylic acids is 2. The zero-order valence-corrected chi connectivity index (χ0v) is 17.0. The van der Waals surface area contributed by atoms with Gasteiger partial charge in [-0.25, -0.2) is 9.59 Å². The molecule has 8 nitrogen and oxygen atoms in total. The minimum Gasteiger partial charge on any atom is -0.493 e. The molecule has 0 unspecified atom stereocenters. The number of hydrogen-bond acceptors (Lipinski definition) is 4. The molecule has 1 aliphatic rings. The van der Waals surface area contributed by atoms with Gasteiger partial charge in [-0.1, -0.05) is 17.9 Å². The van der Waals surface area contributed by atoms with Crippen LogP contribution in [0.5, 0.6) is 11.5 Å². The fourth-order valence-electron chi connectivity index (χ4n) is 2.95. The maximum Gasteiger partial charge on any atom is 0.321 e. The molecule has 0 aliphatic carbocycles. The molecule has 0 spiro atoms. The van der Waals surface area contributed by atoms with Crippen molar-refractivity contribution in [1.29, 1.82) is 0 Å². The minimum absolute atomic E-state index is 0.0860. The molecule has 156 valence electrons. The third-order valence-corrected chi connectivity index (χ3v) is 4.51. The Hall–Kier alpha value is -3.86. The van der Waals surface area contributed by atoms with Gasteiger partial charge >= 0.3 is 12.1 Å². The molecule has 0 atom stereocenters. The molecule has 0 radical (unpaired) electrons. The second-order valence-electron chi connectivity index (χ2n) is 6.46. The number of ether oxygens (including phenoxy) is 2. The van der Waals surface area contributed by atoms with Crippen LogP contribution in [0.15, 0.2) is 42.5 Å². The van der Waals surface area contributed by atoms with Crippen molar-refractivity contribution in [3.8, 4) is 23.3 Å². The number of amides is 4. The van der Waals surface area contributed by atoms with Gasteiger partial charge in [0.2, 0.25) is 0 Å². The van der Waals surface area contributed by atoms with Gasteiger partial charge in [-0.3, -0.25) is 4.90 Å². The summed E-state index contributed by atoms with van der Waals surface area (Å²) in [6.45, 7) is 1.88. The highest BCUT2D eigenvalue weighted by Gasteiger charge is 2.20. The molecule has 0 aromatic heterocycles. The van der Waals surface area contributed by atoms with Crippen molar-refractivity contribution < 1.29 is 19.1 Å². The van der Waals surface area contributed by atoms with E-state index in [-0.39, 0.29) is 18.6 Å². The van der Waals surface area contributed by atoms with Crippen LogP contribution in [0, 0.1) is 11.8 Å². The quantitative estimate of drug-likeness (QED) is 0.639. The molecular weight excluding hydrogens is 384 g/mol. The molecule has 0 bridgehead atoms. The summed E-state index contributed by atoms with van der Waals surface area (Å²) in [7, 11) is 3.14. The Morgan fingerprint density at radius 3 is 2.53 bits per heavy atom. The summed E-state index contributed by atoms with van der Waals surface area (Å²) < 4.78 is 10.4. The van der Waals surface area contributed by atoms with Crippen molar-refractivity contribution >= 4 is 17.7 Å². The standard InChI is InChI=1S/C22H24N4O4/c1-29-19-10-7-17(14-20(19)30-2)15-25-21(27)23-11-3-4-16-5-8-18(9-6-16)26-13-12-24-22(26)28/h5-10,14H,11-13,15H2,1-2H3,(H,24,28)(H2,23,25,27). The average molecular weight is 408 g/mol. The lowest BCUT2D eigenvalue weighted by molar-refractivity contribution is 0.241. The first-order valence-corrected chi connectivity index (χ1v) is 9.47. The molecular formula is C22H24N4O4. The summed E-state index contributed by atoms with van der Waals surface area (Å²) in [5.41, 5.74) is 2.54. The van der Waals surface area contributed by atoms with Crippen LogP contribution in [-0.2, 0) is 6.54 Å². The van der Waals surface area contributed by atoms with Gasteiger partial charge in [-0.15, -0.1) is 0 Å². The lowest BCUT2D eigenvalue weighted by Gasteiger charge is -2.13. The number of carbonyl (C=O) groups is 2. The first kappa shape index (κ1) is 20.9. The molecule has 3 rings (SSSR count). The van der Waals surface area contributed by atoms with Gasteiger partial charge in [0, 0.05) is 30.9 Å². The van der Waals surface area contributed by atoms with Gasteiger partial charge in [0.25, 0.3) is 0 Å². The number of hydrogen-bond donors (Lipinski definition) is 3. The molecule has 1 heterocycles. The summed E-state index contributed by atoms with van der Waals surface area (Å²) in [6, 6.07) is 12.5. The highest BCUT2D eigenvalue weighted by atomic mass is 16.5. The number of urea groups is 2. The number of benzene rings is 2. The van der Waals surface area contributed by atoms with Crippen LogP contribution in [0.1, 0.15) is 11.1 Å². The number of nitrogens with zero attached hydrogens (tertiary/aromatic N) is 1. The molecule has 1 saturated heterocycles. The third kappa shape index (κ3) is 5.35. The topological polar surface area (TPSA) is 91.9 Å². The Morgan fingerprint density at radius 1 is 1.10 bits per heavy atom. The van der Waals surface area contributed by atoms with Crippen LogP contribution in [0.2, 0.25) is 0 Å². The van der Waals surface area contributed by atoms with Crippen molar-refractivity contribution in [3.05, 3.63) is 53.6 Å². The largest absolute Gasteiger partial charge is 0.493 e. The number of rotatable bonds is 6. The molecule has 2 aromatic rings. The average Bonchev–Trinajstić information content (AvgIpc) is 3.21. The van der Waals surface area contributed by atoms with Crippen LogP contribution >= 0.6 is 0 Å². The second-order valence-corrected chi connectivity index (χ2v) is 6.46. The van der Waals surface area contributed by atoms with E-state index in [0.717, 1.165) is 16.8 Å². The molecule has 30 heavy (non-hydrogen) atoms. The lowest BCUT2D eigenvalue weighted by Crippen LogP contribution is -2.35. The first-order chi connectivity index (χ1) is 14.6. The van der Waals surface area contributed by atoms with E-state index in [2.05, 4.69) is 27.8 Å². The number of anilines is 1. The monoisotopic (exact) mass is 408 g/mol. The second kappa shape index (κ2) is 10.1. The van der Waals surface area contributed by atoms with E-state index in [1.165, 1.54) is 0 Å². The third-order valence-electron chi connectivity index (χ3n) is 4.51. The number of methoxy groups -OCH3 is 2. The number of nitrogens with one attached hydrogen (secondary N) is 3. The fraction of sp³-hybridized carbons (Fsp3) is 0.273. The summed E-state index contributed by atoms with van der Waals surface area (Å²) in [5.74, 6) is 7.15. The smallest absolute Gasteiger partial charge is 0.321 e. The predicted octanol–water partition coefficient (Wildman–Crippen LogP) is 2.08. The molecule has 1 fully saturated rings. The van der Waals surface area contributed by atoms with Gasteiger partial charge in [-0.2, -0.15) is 0 Å². The van der Waals surface area contributed by atoms with E-state index in [9.17, 15) is 9.59 Å². The lowest BCUT2D eigenvalue weighted by atomic mass is 10.2. The van der Waals surface area contributed by atoms with E-state index >= 15 is 0 Å². The zero-order chi connectivity index (χ0) is 21.3. The zero-order valence-electron chi connectivity index (χ0n) is 17.0. The van der Waals surface area contributed by atoms with Gasteiger partial charge in [-0.05, 0) is 42.0 Å². The summed E-state index contributed by atoms with van der Waals surface area (Å²) in [5, 5.41) is 8.23. The van der Waals surface area contributed by atoms with E-state index in [1.807, 2.05) is 36.4 Å². The minimum atomic E-state index is -0.311. The molecule has 2 aromatic carbocycles. The van der Waals surface area contributed by atoms with Crippen molar-refractivity contribution in [1.82, 2.24) is 16.0 Å². The van der Waals surface area contributed by atoms with Gasteiger partial charge < -0.3 is 25.4 Å². The first-order valence-electron chi connectivity index (χ1n) is 9.47. The van der Waals surface area contributed by atoms with Crippen LogP contribution in [0.3, 0.4) is 0 Å². The highest BCUT2D eigenvalue weighted by molar-refractivity contribution is 5.94. The van der Waals surface area contributed by atoms with Crippen LogP contribution in [0.25, 0.3) is 0 Å². The van der Waals surface area contributed by atoms with Crippen LogP contribution < -0.4 is 30.3 Å². The van der Waals surface area contributed by atoms with E-state index < -0.39 is 0 Å². The predicted molar refractivity (Wildman–Crippen MR) is 114 cm³/mol. The van der Waals surface area contributed by atoms with E-state index in [4.69, 9.17) is 9.47 Å². The van der Waals surface area contributed by atoms with Gasteiger partial charge in [0.05, 0.1) is 20.8 Å². The van der Waals surface area contributed by atoms with Crippen molar-refractivity contribution in [2.75, 3.05) is 38.8 Å². The maximum atomic E-state index is 11.9.